The number of nitrogens with one attached hydrogen (secondary N) is 2. The van der Waals surface area contributed by atoms with E-state index in [0.717, 1.165) is 4.90 Å². The second kappa shape index (κ2) is 7.28. The van der Waals surface area contributed by atoms with Crippen molar-refractivity contribution in [2.24, 2.45) is 5.92 Å². The highest BCUT2D eigenvalue weighted by molar-refractivity contribution is 6.25. The number of imide groups is 2. The summed E-state index contributed by atoms with van der Waals surface area (Å²) in [5.74, 6) is -2.78. The Morgan fingerprint density at radius 1 is 1.17 bits per heavy atom. The van der Waals surface area contributed by atoms with E-state index in [0.29, 0.717) is 25.3 Å². The maximum absolute atomic E-state index is 13.0. The predicted molar refractivity (Wildman–Crippen MR) is 99.2 cm³/mol. The summed E-state index contributed by atoms with van der Waals surface area (Å²) in [6, 6.07) is 3.91. The predicted octanol–water partition coefficient (Wildman–Crippen LogP) is -0.484. The van der Waals surface area contributed by atoms with Crippen molar-refractivity contribution >= 4 is 35.3 Å². The van der Waals surface area contributed by atoms with Crippen molar-refractivity contribution < 1.29 is 29.1 Å². The molecule has 1 aromatic carbocycles. The molecule has 2 saturated heterocycles. The van der Waals surface area contributed by atoms with Crippen LogP contribution in [0.1, 0.15) is 33.6 Å². The zero-order chi connectivity index (χ0) is 20.7. The number of carboxylic acids is 1. The van der Waals surface area contributed by atoms with E-state index < -0.39 is 35.6 Å². The lowest BCUT2D eigenvalue weighted by Crippen LogP contribution is -2.54. The van der Waals surface area contributed by atoms with Gasteiger partial charge in [0.2, 0.25) is 11.8 Å². The van der Waals surface area contributed by atoms with Gasteiger partial charge in [0.15, 0.2) is 0 Å². The van der Waals surface area contributed by atoms with Crippen LogP contribution in [0.25, 0.3) is 0 Å². The summed E-state index contributed by atoms with van der Waals surface area (Å²) in [4.78, 5) is 62.7. The number of fused-ring (bicyclic) bond motifs is 1. The standard InChI is InChI=1S/C19H20N4O6/c24-14-5-4-13(17(27)21-14)23-18(28)11-2-1-3-12(16(11)19(23)29)20-6-10-7-22(8-10)9-15(25)26/h1-3,10,13,20H,4-9H2,(H,25,26)(H,21,24,27). The Hall–Kier alpha value is -3.27. The summed E-state index contributed by atoms with van der Waals surface area (Å²) >= 11 is 0. The summed E-state index contributed by atoms with van der Waals surface area (Å²) < 4.78 is 0. The Morgan fingerprint density at radius 3 is 2.62 bits per heavy atom. The highest BCUT2D eigenvalue weighted by Crippen LogP contribution is 2.32. The Morgan fingerprint density at radius 2 is 1.93 bits per heavy atom. The number of likely N-dealkylation sites (tertiary alicyclic amines) is 1. The molecule has 0 aliphatic carbocycles. The normalized spacial score (nSPS) is 22.3. The van der Waals surface area contributed by atoms with Crippen LogP contribution in [0, 0.1) is 5.92 Å². The van der Waals surface area contributed by atoms with E-state index in [1.54, 1.807) is 18.2 Å². The number of aliphatic carboxylic acids is 1. The van der Waals surface area contributed by atoms with Crippen LogP contribution in [-0.2, 0) is 14.4 Å². The van der Waals surface area contributed by atoms with Gasteiger partial charge in [-0.3, -0.25) is 39.1 Å². The lowest BCUT2D eigenvalue weighted by molar-refractivity contribution is -0.140. The number of benzene rings is 1. The van der Waals surface area contributed by atoms with Crippen molar-refractivity contribution in [1.82, 2.24) is 15.1 Å². The lowest BCUT2D eigenvalue weighted by atomic mass is 9.99. The first kappa shape index (κ1) is 19.1. The number of carbonyl (C=O) groups is 5. The number of hydrogen-bond donors (Lipinski definition) is 3. The third-order valence-electron chi connectivity index (χ3n) is 5.44. The average Bonchev–Trinajstić information content (AvgIpc) is 2.88. The smallest absolute Gasteiger partial charge is 0.317 e. The molecule has 10 heteroatoms. The molecule has 1 aromatic rings. The Kier molecular flexibility index (Phi) is 4.79. The fraction of sp³-hybridized carbons (Fsp3) is 0.421. The topological polar surface area (TPSA) is 136 Å². The number of amides is 4. The van der Waals surface area contributed by atoms with E-state index in [-0.39, 0.29) is 36.4 Å². The summed E-state index contributed by atoms with van der Waals surface area (Å²) in [6.07, 6.45) is 0.184. The first-order valence-corrected chi connectivity index (χ1v) is 9.37. The molecule has 2 fully saturated rings. The molecule has 10 nitrogen and oxygen atoms in total. The quantitative estimate of drug-likeness (QED) is 0.545. The monoisotopic (exact) mass is 400 g/mol. The third-order valence-corrected chi connectivity index (χ3v) is 5.44. The van der Waals surface area contributed by atoms with Gasteiger partial charge in [-0.05, 0) is 18.6 Å². The minimum atomic E-state index is -0.996. The molecule has 0 aromatic heterocycles. The number of carbonyl (C=O) groups excluding carboxylic acids is 4. The fourth-order valence-corrected chi connectivity index (χ4v) is 4.04. The van der Waals surface area contributed by atoms with Gasteiger partial charge >= 0.3 is 5.97 Å². The summed E-state index contributed by atoms with van der Waals surface area (Å²) in [5.41, 5.74) is 0.960. The van der Waals surface area contributed by atoms with Gasteiger partial charge in [0.25, 0.3) is 11.8 Å². The van der Waals surface area contributed by atoms with Crippen LogP contribution in [0.3, 0.4) is 0 Å². The van der Waals surface area contributed by atoms with Crippen molar-refractivity contribution in [1.29, 1.82) is 0 Å². The fourth-order valence-electron chi connectivity index (χ4n) is 4.04. The molecule has 0 spiro atoms. The van der Waals surface area contributed by atoms with Gasteiger partial charge in [-0.15, -0.1) is 0 Å². The van der Waals surface area contributed by atoms with Crippen LogP contribution in [-0.4, -0.2) is 76.7 Å². The van der Waals surface area contributed by atoms with Crippen LogP contribution in [0.2, 0.25) is 0 Å². The number of nitrogens with zero attached hydrogens (tertiary/aromatic N) is 2. The van der Waals surface area contributed by atoms with Gasteiger partial charge < -0.3 is 10.4 Å². The van der Waals surface area contributed by atoms with E-state index in [4.69, 9.17) is 5.11 Å². The molecule has 3 aliphatic heterocycles. The maximum atomic E-state index is 13.0. The Bertz CT molecular complexity index is 923. The number of carboxylic acid groups (broad SMARTS) is 1. The van der Waals surface area contributed by atoms with E-state index in [1.165, 1.54) is 0 Å². The second-order valence-electron chi connectivity index (χ2n) is 7.51. The molecule has 4 rings (SSSR count). The SMILES string of the molecule is O=C(O)CN1CC(CNc2cccc3c2C(=O)N(C2CCC(=O)NC2=O)C3=O)C1. The van der Waals surface area contributed by atoms with E-state index in [1.807, 2.05) is 4.90 Å². The molecule has 4 amide bonds. The van der Waals surface area contributed by atoms with E-state index in [2.05, 4.69) is 10.6 Å². The highest BCUT2D eigenvalue weighted by Gasteiger charge is 2.45. The van der Waals surface area contributed by atoms with Gasteiger partial charge in [0.1, 0.15) is 6.04 Å². The zero-order valence-corrected chi connectivity index (χ0v) is 15.5. The van der Waals surface area contributed by atoms with Crippen molar-refractivity contribution in [3.8, 4) is 0 Å². The average molecular weight is 400 g/mol. The maximum Gasteiger partial charge on any atom is 0.317 e. The molecule has 3 aliphatic rings. The second-order valence-corrected chi connectivity index (χ2v) is 7.51. The van der Waals surface area contributed by atoms with Crippen molar-refractivity contribution in [2.75, 3.05) is 31.5 Å². The van der Waals surface area contributed by atoms with Gasteiger partial charge in [0, 0.05) is 37.7 Å². The van der Waals surface area contributed by atoms with Gasteiger partial charge in [-0.25, -0.2) is 0 Å². The molecule has 29 heavy (non-hydrogen) atoms. The Labute approximate surface area is 165 Å². The molecule has 0 saturated carbocycles. The summed E-state index contributed by atoms with van der Waals surface area (Å²) in [5, 5.41) is 14.2. The number of rotatable bonds is 6. The minimum absolute atomic E-state index is 0.00510. The number of anilines is 1. The largest absolute Gasteiger partial charge is 0.480 e. The summed E-state index contributed by atoms with van der Waals surface area (Å²) in [6.45, 7) is 1.82. The number of hydrogen-bond acceptors (Lipinski definition) is 7. The van der Waals surface area contributed by atoms with Crippen LogP contribution in [0.4, 0.5) is 5.69 Å². The number of piperidine rings is 1. The van der Waals surface area contributed by atoms with Crippen molar-refractivity contribution in [3.63, 3.8) is 0 Å². The molecule has 3 heterocycles. The third kappa shape index (κ3) is 3.46. The molecular formula is C19H20N4O6. The molecule has 1 atom stereocenters. The van der Waals surface area contributed by atoms with Crippen LogP contribution < -0.4 is 10.6 Å². The molecule has 0 radical (unpaired) electrons. The summed E-state index contributed by atoms with van der Waals surface area (Å²) in [7, 11) is 0. The molecule has 1 unspecified atom stereocenters. The highest BCUT2D eigenvalue weighted by atomic mass is 16.4. The van der Waals surface area contributed by atoms with Crippen LogP contribution >= 0.6 is 0 Å². The van der Waals surface area contributed by atoms with Crippen LogP contribution in [0.15, 0.2) is 18.2 Å². The molecule has 0 bridgehead atoms. The molecule has 3 N–H and O–H groups in total. The van der Waals surface area contributed by atoms with Gasteiger partial charge in [-0.1, -0.05) is 6.07 Å². The van der Waals surface area contributed by atoms with Gasteiger partial charge in [-0.2, -0.15) is 0 Å². The first-order chi connectivity index (χ1) is 13.8. The minimum Gasteiger partial charge on any atom is -0.480 e. The zero-order valence-electron chi connectivity index (χ0n) is 15.5. The lowest BCUT2D eigenvalue weighted by Gasteiger charge is -2.38. The van der Waals surface area contributed by atoms with Crippen molar-refractivity contribution in [3.05, 3.63) is 29.3 Å². The molecule has 152 valence electrons. The van der Waals surface area contributed by atoms with E-state index in [9.17, 15) is 24.0 Å². The van der Waals surface area contributed by atoms with Crippen LogP contribution in [0.5, 0.6) is 0 Å². The van der Waals surface area contributed by atoms with Crippen molar-refractivity contribution in [2.45, 2.75) is 18.9 Å². The van der Waals surface area contributed by atoms with E-state index >= 15 is 0 Å². The first-order valence-electron chi connectivity index (χ1n) is 9.37. The molecular weight excluding hydrogens is 380 g/mol. The Balaban J connectivity index is 1.46. The van der Waals surface area contributed by atoms with Gasteiger partial charge in [0.05, 0.1) is 17.7 Å².